The second-order valence-electron chi connectivity index (χ2n) is 5.56. The fourth-order valence-electron chi connectivity index (χ4n) is 2.40. The fourth-order valence-corrected chi connectivity index (χ4v) is 2.53. The van der Waals surface area contributed by atoms with Gasteiger partial charge in [-0.1, -0.05) is 29.8 Å². The van der Waals surface area contributed by atoms with Crippen molar-refractivity contribution >= 4 is 23.6 Å². The molecule has 26 heavy (non-hydrogen) atoms. The maximum Gasteiger partial charge on any atom is 0.244 e. The highest BCUT2D eigenvalue weighted by molar-refractivity contribution is 6.30. The third kappa shape index (κ3) is 4.52. The normalized spacial score (nSPS) is 10.8. The highest BCUT2D eigenvalue weighted by Gasteiger charge is 2.03. The first kappa shape index (κ1) is 17.8. The smallest absolute Gasteiger partial charge is 0.244 e. The molecule has 6 heteroatoms. The van der Waals surface area contributed by atoms with Crippen LogP contribution in [0.4, 0.5) is 0 Å². The molecule has 0 saturated carbocycles. The molecule has 132 valence electrons. The molecule has 5 nitrogen and oxygen atoms in total. The van der Waals surface area contributed by atoms with Gasteiger partial charge in [-0.15, -0.1) is 0 Å². The summed E-state index contributed by atoms with van der Waals surface area (Å²) in [7, 11) is 1.60. The molecule has 0 radical (unpaired) electrons. The van der Waals surface area contributed by atoms with Gasteiger partial charge >= 0.3 is 0 Å². The molecule has 0 fully saturated rings. The molecule has 3 aromatic rings. The molecular formula is C20H18ClN3O2. The van der Waals surface area contributed by atoms with E-state index in [-0.39, 0.29) is 5.91 Å². The number of halogens is 1. The van der Waals surface area contributed by atoms with Gasteiger partial charge in [0, 0.05) is 35.0 Å². The average molecular weight is 368 g/mol. The minimum Gasteiger partial charge on any atom is -0.496 e. The topological polar surface area (TPSA) is 56.1 Å². The Morgan fingerprint density at radius 2 is 2.00 bits per heavy atom. The van der Waals surface area contributed by atoms with Gasteiger partial charge in [-0.05, 0) is 36.4 Å². The van der Waals surface area contributed by atoms with Crippen molar-refractivity contribution in [1.82, 2.24) is 15.1 Å². The summed E-state index contributed by atoms with van der Waals surface area (Å²) in [6.45, 7) is 0.392. The van der Waals surface area contributed by atoms with Crippen molar-refractivity contribution in [2.24, 2.45) is 0 Å². The van der Waals surface area contributed by atoms with E-state index in [1.54, 1.807) is 24.1 Å². The largest absolute Gasteiger partial charge is 0.496 e. The van der Waals surface area contributed by atoms with E-state index in [9.17, 15) is 4.79 Å². The Hall–Kier alpha value is -3.05. The van der Waals surface area contributed by atoms with Crippen molar-refractivity contribution in [3.05, 3.63) is 83.2 Å². The summed E-state index contributed by atoms with van der Waals surface area (Å²) in [5, 5.41) is 7.81. The van der Waals surface area contributed by atoms with Crippen LogP contribution < -0.4 is 10.1 Å². The number of hydrogen-bond donors (Lipinski definition) is 1. The molecule has 0 aliphatic heterocycles. The van der Waals surface area contributed by atoms with E-state index < -0.39 is 0 Å². The number of hydrogen-bond acceptors (Lipinski definition) is 3. The average Bonchev–Trinajstić information content (AvgIpc) is 3.14. The summed E-state index contributed by atoms with van der Waals surface area (Å²) in [6.07, 6.45) is 6.80. The zero-order valence-electron chi connectivity index (χ0n) is 14.2. The zero-order valence-corrected chi connectivity index (χ0v) is 15.0. The molecule has 0 bridgehead atoms. The molecule has 0 atom stereocenters. The number of methoxy groups -OCH3 is 1. The summed E-state index contributed by atoms with van der Waals surface area (Å²) < 4.78 is 7.00. The van der Waals surface area contributed by atoms with Crippen LogP contribution in [0.2, 0.25) is 5.02 Å². The summed E-state index contributed by atoms with van der Waals surface area (Å²) in [4.78, 5) is 12.0. The fraction of sp³-hybridized carbons (Fsp3) is 0.100. The van der Waals surface area contributed by atoms with Crippen molar-refractivity contribution in [1.29, 1.82) is 0 Å². The zero-order chi connectivity index (χ0) is 18.4. The Bertz CT molecular complexity index is 917. The number of nitrogens with zero attached hydrogens (tertiary/aromatic N) is 2. The Balaban J connectivity index is 1.58. The van der Waals surface area contributed by atoms with Crippen LogP contribution in [0.1, 0.15) is 11.1 Å². The number of amides is 1. The van der Waals surface area contributed by atoms with Crippen LogP contribution in [0.25, 0.3) is 11.8 Å². The monoisotopic (exact) mass is 367 g/mol. The summed E-state index contributed by atoms with van der Waals surface area (Å²) in [5.41, 5.74) is 2.66. The van der Waals surface area contributed by atoms with Crippen LogP contribution in [0.5, 0.6) is 5.75 Å². The van der Waals surface area contributed by atoms with Gasteiger partial charge in [0.25, 0.3) is 0 Å². The van der Waals surface area contributed by atoms with Crippen LogP contribution in [-0.2, 0) is 11.3 Å². The third-order valence-corrected chi connectivity index (χ3v) is 4.00. The van der Waals surface area contributed by atoms with E-state index in [4.69, 9.17) is 16.3 Å². The van der Waals surface area contributed by atoms with Crippen molar-refractivity contribution < 1.29 is 9.53 Å². The van der Waals surface area contributed by atoms with Crippen molar-refractivity contribution in [3.8, 4) is 11.4 Å². The van der Waals surface area contributed by atoms with E-state index in [1.165, 1.54) is 6.08 Å². The first-order valence-electron chi connectivity index (χ1n) is 8.04. The maximum atomic E-state index is 12.0. The van der Waals surface area contributed by atoms with Crippen molar-refractivity contribution in [3.63, 3.8) is 0 Å². The van der Waals surface area contributed by atoms with Gasteiger partial charge in [-0.2, -0.15) is 5.10 Å². The molecule has 1 N–H and O–H groups in total. The summed E-state index contributed by atoms with van der Waals surface area (Å²) in [5.74, 6) is 0.538. The lowest BCUT2D eigenvalue weighted by atomic mass is 10.2. The van der Waals surface area contributed by atoms with Gasteiger partial charge in [0.2, 0.25) is 5.91 Å². The Kier molecular flexibility index (Phi) is 5.71. The molecule has 0 spiro atoms. The van der Waals surface area contributed by atoms with E-state index >= 15 is 0 Å². The maximum absolute atomic E-state index is 12.0. The molecule has 2 aromatic carbocycles. The Morgan fingerprint density at radius 1 is 1.23 bits per heavy atom. The van der Waals surface area contributed by atoms with Crippen LogP contribution in [-0.4, -0.2) is 22.8 Å². The van der Waals surface area contributed by atoms with Gasteiger partial charge in [0.1, 0.15) is 5.75 Å². The Morgan fingerprint density at radius 3 is 2.77 bits per heavy atom. The van der Waals surface area contributed by atoms with Crippen LogP contribution >= 0.6 is 11.6 Å². The number of aromatic nitrogens is 2. The second-order valence-corrected chi connectivity index (χ2v) is 6.00. The minimum atomic E-state index is -0.185. The van der Waals surface area contributed by atoms with Gasteiger partial charge < -0.3 is 10.1 Å². The molecule has 1 heterocycles. The van der Waals surface area contributed by atoms with E-state index in [1.807, 2.05) is 54.7 Å². The molecule has 1 aromatic heterocycles. The summed E-state index contributed by atoms with van der Waals surface area (Å²) in [6, 6.07) is 14.9. The molecular weight excluding hydrogens is 350 g/mol. The number of rotatable bonds is 6. The quantitative estimate of drug-likeness (QED) is 0.673. The molecule has 0 aliphatic rings. The lowest BCUT2D eigenvalue weighted by molar-refractivity contribution is -0.116. The van der Waals surface area contributed by atoms with Crippen LogP contribution in [0.15, 0.2) is 67.0 Å². The molecule has 0 unspecified atom stereocenters. The van der Waals surface area contributed by atoms with Crippen LogP contribution in [0, 0.1) is 0 Å². The van der Waals surface area contributed by atoms with Gasteiger partial charge in [0.05, 0.1) is 19.0 Å². The predicted octanol–water partition coefficient (Wildman–Crippen LogP) is 3.86. The number of para-hydroxylation sites is 1. The standard InChI is InChI=1S/C20H18ClN3O2/c1-26-19-5-3-2-4-16(19)6-11-20(25)22-12-15-13-23-24(14-15)18-9-7-17(21)8-10-18/h2-11,13-14H,12H2,1H3,(H,22,25)/b11-6+. The lowest BCUT2D eigenvalue weighted by Gasteiger charge is -2.03. The number of benzene rings is 2. The number of carbonyl (C=O) groups is 1. The van der Waals surface area contributed by atoms with Gasteiger partial charge in [0.15, 0.2) is 0 Å². The third-order valence-electron chi connectivity index (χ3n) is 3.75. The van der Waals surface area contributed by atoms with E-state index in [0.29, 0.717) is 11.6 Å². The lowest BCUT2D eigenvalue weighted by Crippen LogP contribution is -2.19. The first-order valence-corrected chi connectivity index (χ1v) is 8.42. The number of ether oxygens (including phenoxy) is 1. The predicted molar refractivity (Wildman–Crippen MR) is 102 cm³/mol. The highest BCUT2D eigenvalue weighted by atomic mass is 35.5. The van der Waals surface area contributed by atoms with Crippen LogP contribution in [0.3, 0.4) is 0 Å². The Labute approximate surface area is 156 Å². The van der Waals surface area contributed by atoms with Crippen molar-refractivity contribution in [2.75, 3.05) is 7.11 Å². The van der Waals surface area contributed by atoms with Gasteiger partial charge in [-0.3, -0.25) is 4.79 Å². The number of carbonyl (C=O) groups excluding carboxylic acids is 1. The summed E-state index contributed by atoms with van der Waals surface area (Å²) >= 11 is 5.89. The van der Waals surface area contributed by atoms with E-state index in [2.05, 4.69) is 10.4 Å². The highest BCUT2D eigenvalue weighted by Crippen LogP contribution is 2.18. The molecule has 0 saturated heterocycles. The second kappa shape index (κ2) is 8.36. The number of nitrogens with one attached hydrogen (secondary N) is 1. The van der Waals surface area contributed by atoms with Gasteiger partial charge in [-0.25, -0.2) is 4.68 Å². The molecule has 3 rings (SSSR count). The molecule has 1 amide bonds. The van der Waals surface area contributed by atoms with Crippen molar-refractivity contribution in [2.45, 2.75) is 6.54 Å². The minimum absolute atomic E-state index is 0.185. The molecule has 0 aliphatic carbocycles. The SMILES string of the molecule is COc1ccccc1/C=C/C(=O)NCc1cnn(-c2ccc(Cl)cc2)c1. The first-order chi connectivity index (χ1) is 12.7. The van der Waals surface area contributed by atoms with E-state index in [0.717, 1.165) is 22.6 Å².